The van der Waals surface area contributed by atoms with Gasteiger partial charge in [0, 0.05) is 18.5 Å². The second-order valence-corrected chi connectivity index (χ2v) is 9.52. The fourth-order valence-electron chi connectivity index (χ4n) is 4.80. The minimum absolute atomic E-state index is 0. The largest absolute Gasteiger partial charge is 0.496 e. The minimum atomic E-state index is -1.05. The Morgan fingerprint density at radius 1 is 1.12 bits per heavy atom. The maximum Gasteiger partial charge on any atom is 0.335 e. The number of carbonyl (C=O) groups excluding carboxylic acids is 3. The smallest absolute Gasteiger partial charge is 0.335 e. The van der Waals surface area contributed by atoms with E-state index < -0.39 is 24.0 Å². The third kappa shape index (κ3) is 6.43. The van der Waals surface area contributed by atoms with Gasteiger partial charge in [0.1, 0.15) is 11.8 Å². The van der Waals surface area contributed by atoms with E-state index in [9.17, 15) is 24.3 Å². The van der Waals surface area contributed by atoms with E-state index in [1.807, 2.05) is 0 Å². The highest BCUT2D eigenvalue weighted by Crippen LogP contribution is 2.37. The fourth-order valence-corrected chi connectivity index (χ4v) is 4.80. The van der Waals surface area contributed by atoms with Crippen molar-refractivity contribution in [2.24, 2.45) is 5.73 Å². The van der Waals surface area contributed by atoms with Crippen LogP contribution in [0.5, 0.6) is 5.75 Å². The molecule has 0 bridgehead atoms. The number of fused-ring (bicyclic) bond motifs is 2. The molecule has 2 atom stereocenters. The molecule has 5 N–H and O–H groups in total. The average Bonchev–Trinajstić information content (AvgIpc) is 3.07. The molecule has 3 aromatic rings. The predicted molar refractivity (Wildman–Crippen MR) is 159 cm³/mol. The maximum absolute atomic E-state index is 14.2. The van der Waals surface area contributed by atoms with Crippen LogP contribution in [0.1, 0.15) is 29.3 Å². The van der Waals surface area contributed by atoms with Crippen molar-refractivity contribution in [3.63, 3.8) is 0 Å². The number of methoxy groups -OCH3 is 1. The number of nitrogens with two attached hydrogens (primary N) is 1. The second-order valence-electron chi connectivity index (χ2n) is 9.52. The van der Waals surface area contributed by atoms with E-state index in [0.717, 1.165) is 0 Å². The van der Waals surface area contributed by atoms with Gasteiger partial charge in [-0.2, -0.15) is 0 Å². The summed E-state index contributed by atoms with van der Waals surface area (Å²) in [6.45, 7) is 1.78. The number of carboxylic acid groups (broad SMARTS) is 1. The molecule has 41 heavy (non-hydrogen) atoms. The molecular weight excluding hydrogens is 550 g/mol. The first kappa shape index (κ1) is 31.3. The van der Waals surface area contributed by atoms with E-state index >= 15 is 0 Å². The van der Waals surface area contributed by atoms with Gasteiger partial charge in [0.2, 0.25) is 11.8 Å². The van der Waals surface area contributed by atoms with Crippen LogP contribution < -0.4 is 30.9 Å². The minimum Gasteiger partial charge on any atom is -0.496 e. The van der Waals surface area contributed by atoms with Crippen molar-refractivity contribution >= 4 is 58.2 Å². The summed E-state index contributed by atoms with van der Waals surface area (Å²) in [5.74, 6) is -1.61. The van der Waals surface area contributed by atoms with Gasteiger partial charge in [0.15, 0.2) is 0 Å². The van der Waals surface area contributed by atoms with Gasteiger partial charge in [-0.15, -0.1) is 12.4 Å². The van der Waals surface area contributed by atoms with Crippen molar-refractivity contribution in [3.05, 3.63) is 65.7 Å². The first-order chi connectivity index (χ1) is 19.2. The molecule has 0 radical (unpaired) electrons. The zero-order valence-electron chi connectivity index (χ0n) is 23.0. The van der Waals surface area contributed by atoms with Gasteiger partial charge in [-0.3, -0.25) is 14.4 Å². The monoisotopic (exact) mass is 583 g/mol. The second kappa shape index (κ2) is 13.4. The van der Waals surface area contributed by atoms with Gasteiger partial charge in [-0.1, -0.05) is 24.3 Å². The van der Waals surface area contributed by atoms with Crippen molar-refractivity contribution in [1.29, 1.82) is 0 Å². The number of rotatable bonds is 9. The van der Waals surface area contributed by atoms with Crippen molar-refractivity contribution in [2.75, 3.05) is 37.0 Å². The molecule has 4 rings (SSSR count). The van der Waals surface area contributed by atoms with Crippen LogP contribution in [0.2, 0.25) is 0 Å². The predicted octanol–water partition coefficient (Wildman–Crippen LogP) is 2.29. The molecule has 0 saturated heterocycles. The lowest BCUT2D eigenvalue weighted by Crippen LogP contribution is -2.55. The van der Waals surface area contributed by atoms with Crippen LogP contribution in [0.4, 0.5) is 11.4 Å². The molecule has 3 aromatic carbocycles. The summed E-state index contributed by atoms with van der Waals surface area (Å²) in [6.07, 6.45) is 0.0686. The summed E-state index contributed by atoms with van der Waals surface area (Å²) in [4.78, 5) is 54.8. The van der Waals surface area contributed by atoms with E-state index in [4.69, 9.17) is 10.5 Å². The number of nitrogens with zero attached hydrogens (tertiary/aromatic N) is 2. The molecule has 11 nitrogen and oxygen atoms in total. The molecule has 0 spiro atoms. The number of hydrogen-bond acceptors (Lipinski definition) is 7. The molecule has 1 aliphatic heterocycles. The van der Waals surface area contributed by atoms with E-state index in [0.29, 0.717) is 33.5 Å². The van der Waals surface area contributed by atoms with Crippen LogP contribution in [0, 0.1) is 0 Å². The van der Waals surface area contributed by atoms with E-state index in [-0.39, 0.29) is 55.8 Å². The number of halogens is 1. The SMILES string of the molecule is CNC(C)C(=O)NC1CN(C(=O)CCN)c2ccccc2N(Cc2c(OC)ccc3cc(C(=O)O)ccc23)C1=O.Cl. The molecule has 12 heteroatoms. The molecule has 2 unspecified atom stereocenters. The molecule has 3 amide bonds. The van der Waals surface area contributed by atoms with E-state index in [1.54, 1.807) is 62.5 Å². The van der Waals surface area contributed by atoms with Crippen LogP contribution >= 0.6 is 12.4 Å². The quantitative estimate of drug-likeness (QED) is 0.299. The lowest BCUT2D eigenvalue weighted by atomic mass is 10.00. The zero-order chi connectivity index (χ0) is 29.0. The van der Waals surface area contributed by atoms with Crippen molar-refractivity contribution in [1.82, 2.24) is 10.6 Å². The zero-order valence-corrected chi connectivity index (χ0v) is 23.9. The van der Waals surface area contributed by atoms with Crippen molar-refractivity contribution in [3.8, 4) is 5.75 Å². The Labute approximate surface area is 244 Å². The number of aromatic carboxylic acids is 1. The lowest BCUT2D eigenvalue weighted by Gasteiger charge is -2.27. The van der Waals surface area contributed by atoms with Gasteiger partial charge < -0.3 is 36.0 Å². The molecule has 218 valence electrons. The van der Waals surface area contributed by atoms with Crippen molar-refractivity contribution < 1.29 is 29.0 Å². The number of hydrogen-bond donors (Lipinski definition) is 4. The summed E-state index contributed by atoms with van der Waals surface area (Å²) in [7, 11) is 3.16. The molecule has 0 aliphatic carbocycles. The fraction of sp³-hybridized carbons (Fsp3) is 0.310. The highest BCUT2D eigenvalue weighted by atomic mass is 35.5. The third-order valence-electron chi connectivity index (χ3n) is 7.07. The van der Waals surface area contributed by atoms with Gasteiger partial charge in [0.05, 0.1) is 43.2 Å². The maximum atomic E-state index is 14.2. The Hall–Kier alpha value is -4.19. The molecule has 1 aliphatic rings. The van der Waals surface area contributed by atoms with E-state index in [2.05, 4.69) is 10.6 Å². The van der Waals surface area contributed by atoms with Crippen LogP contribution in [-0.2, 0) is 20.9 Å². The Bertz CT molecular complexity index is 1460. The Morgan fingerprint density at radius 2 is 1.83 bits per heavy atom. The number of ether oxygens (including phenoxy) is 1. The number of likely N-dealkylation sites (N-methyl/N-ethyl adjacent to an activating group) is 1. The topological polar surface area (TPSA) is 154 Å². The van der Waals surface area contributed by atoms with Crippen LogP contribution in [0.25, 0.3) is 10.8 Å². The molecular formula is C29H34ClN5O6. The van der Waals surface area contributed by atoms with Crippen LogP contribution in [0.3, 0.4) is 0 Å². The standard InChI is InChI=1S/C29H33N5O6.ClH/c1-17(31-2)27(36)32-22-16-33(26(35)12-13-30)23-6-4-5-7-24(23)34(28(22)37)15-21-20-10-8-19(29(38)39)14-18(20)9-11-25(21)40-3;/h4-11,14,17,22,31H,12-13,15-16,30H2,1-3H3,(H,32,36)(H,38,39);1H. The normalized spacial score (nSPS) is 15.4. The number of carboxylic acids is 1. The van der Waals surface area contributed by atoms with Gasteiger partial charge in [-0.05, 0) is 55.1 Å². The number of nitrogens with one attached hydrogen (secondary N) is 2. The molecule has 0 aromatic heterocycles. The summed E-state index contributed by atoms with van der Waals surface area (Å²) >= 11 is 0. The number of para-hydroxylation sites is 2. The average molecular weight is 584 g/mol. The van der Waals surface area contributed by atoms with Gasteiger partial charge >= 0.3 is 5.97 Å². The Morgan fingerprint density at radius 3 is 2.46 bits per heavy atom. The first-order valence-corrected chi connectivity index (χ1v) is 12.9. The lowest BCUT2D eigenvalue weighted by molar-refractivity contribution is -0.128. The summed E-state index contributed by atoms with van der Waals surface area (Å²) in [5, 5.41) is 16.5. The summed E-state index contributed by atoms with van der Waals surface area (Å²) in [6, 6.07) is 13.7. The highest BCUT2D eigenvalue weighted by molar-refractivity contribution is 6.08. The van der Waals surface area contributed by atoms with E-state index in [1.165, 1.54) is 23.0 Å². The third-order valence-corrected chi connectivity index (χ3v) is 7.07. The summed E-state index contributed by atoms with van der Waals surface area (Å²) in [5.41, 5.74) is 7.47. The molecule has 0 fully saturated rings. The first-order valence-electron chi connectivity index (χ1n) is 12.9. The number of benzene rings is 3. The molecule has 1 heterocycles. The molecule has 0 saturated carbocycles. The van der Waals surface area contributed by atoms with Crippen LogP contribution in [0.15, 0.2) is 54.6 Å². The van der Waals surface area contributed by atoms with Crippen LogP contribution in [-0.4, -0.2) is 68.1 Å². The number of carbonyl (C=O) groups is 4. The number of anilines is 2. The van der Waals surface area contributed by atoms with Gasteiger partial charge in [0.25, 0.3) is 5.91 Å². The summed E-state index contributed by atoms with van der Waals surface area (Å²) < 4.78 is 5.65. The van der Waals surface area contributed by atoms with Gasteiger partial charge in [-0.25, -0.2) is 4.79 Å². The number of amides is 3. The van der Waals surface area contributed by atoms with Crippen molar-refractivity contribution in [2.45, 2.75) is 32.0 Å². The highest BCUT2D eigenvalue weighted by Gasteiger charge is 2.37. The Balaban J connectivity index is 0.00000462. The Kier molecular flexibility index (Phi) is 10.3.